The van der Waals surface area contributed by atoms with Gasteiger partial charge in [-0.1, -0.05) is 35.5 Å². The van der Waals surface area contributed by atoms with Gasteiger partial charge in [-0.2, -0.15) is 4.98 Å². The average molecular weight is 365 g/mol. The lowest BCUT2D eigenvalue weighted by molar-refractivity contribution is -0.135. The molecule has 1 aliphatic heterocycles. The van der Waals surface area contributed by atoms with Crippen LogP contribution in [0.25, 0.3) is 0 Å². The van der Waals surface area contributed by atoms with Crippen molar-refractivity contribution in [1.29, 1.82) is 0 Å². The van der Waals surface area contributed by atoms with E-state index >= 15 is 0 Å². The van der Waals surface area contributed by atoms with E-state index < -0.39 is 0 Å². The van der Waals surface area contributed by atoms with Crippen LogP contribution in [0.3, 0.4) is 0 Å². The van der Waals surface area contributed by atoms with Crippen LogP contribution in [-0.2, 0) is 11.2 Å². The van der Waals surface area contributed by atoms with Gasteiger partial charge in [0.1, 0.15) is 0 Å². The maximum absolute atomic E-state index is 12.2. The Hall–Kier alpha value is -1.92. The van der Waals surface area contributed by atoms with Crippen LogP contribution in [0, 0.1) is 0 Å². The van der Waals surface area contributed by atoms with Gasteiger partial charge in [-0.05, 0) is 26.0 Å². The second-order valence-electron chi connectivity index (χ2n) is 6.45. The predicted molar refractivity (Wildman–Crippen MR) is 97.7 cm³/mol. The minimum atomic E-state index is -0.0672. The van der Waals surface area contributed by atoms with Crippen LogP contribution >= 0.6 is 12.4 Å². The van der Waals surface area contributed by atoms with Gasteiger partial charge in [-0.3, -0.25) is 4.79 Å². The molecule has 1 aromatic carbocycles. The highest BCUT2D eigenvalue weighted by atomic mass is 35.5. The molecule has 1 saturated heterocycles. The summed E-state index contributed by atoms with van der Waals surface area (Å²) in [4.78, 5) is 18.6. The van der Waals surface area contributed by atoms with Crippen molar-refractivity contribution in [2.24, 2.45) is 0 Å². The maximum atomic E-state index is 12.2. The van der Waals surface area contributed by atoms with Gasteiger partial charge in [0.25, 0.3) is 0 Å². The highest BCUT2D eigenvalue weighted by Crippen LogP contribution is 2.41. The molecule has 1 amide bonds. The largest absolute Gasteiger partial charge is 0.339 e. The second-order valence-corrected chi connectivity index (χ2v) is 6.45. The molecule has 136 valence electrons. The molecular formula is C18H25ClN4O2. The number of hydrogen-bond donors (Lipinski definition) is 1. The number of benzene rings is 1. The van der Waals surface area contributed by atoms with Crippen LogP contribution < -0.4 is 5.32 Å². The molecule has 7 heteroatoms. The quantitative estimate of drug-likeness (QED) is 0.883. The molecule has 0 saturated carbocycles. The molecule has 0 bridgehead atoms. The van der Waals surface area contributed by atoms with Crippen LogP contribution in [0.1, 0.15) is 49.0 Å². The van der Waals surface area contributed by atoms with Crippen molar-refractivity contribution in [3.63, 3.8) is 0 Å². The third-order valence-electron chi connectivity index (χ3n) is 4.78. The molecule has 6 nitrogen and oxygen atoms in total. The number of likely N-dealkylation sites (tertiary alicyclic amines) is 1. The molecule has 1 aliphatic rings. The monoisotopic (exact) mass is 364 g/mol. The minimum absolute atomic E-state index is 0. The van der Waals surface area contributed by atoms with Crippen LogP contribution in [0.5, 0.6) is 0 Å². The Morgan fingerprint density at radius 3 is 2.76 bits per heavy atom. The number of piperidine rings is 1. The number of nitrogens with one attached hydrogen (secondary N) is 1. The van der Waals surface area contributed by atoms with E-state index in [1.807, 2.05) is 49.3 Å². The molecule has 25 heavy (non-hydrogen) atoms. The van der Waals surface area contributed by atoms with Crippen LogP contribution in [0.4, 0.5) is 0 Å². The van der Waals surface area contributed by atoms with Crippen molar-refractivity contribution < 1.29 is 9.32 Å². The number of carbonyl (C=O) groups excluding carboxylic acids is 1. The molecule has 1 aromatic heterocycles. The number of amides is 1. The van der Waals surface area contributed by atoms with Gasteiger partial charge in [-0.25, -0.2) is 0 Å². The third kappa shape index (κ3) is 4.19. The molecule has 3 rings (SSSR count). The first-order valence-electron chi connectivity index (χ1n) is 8.40. The number of aromatic nitrogens is 2. The zero-order valence-corrected chi connectivity index (χ0v) is 15.6. The van der Waals surface area contributed by atoms with Crippen molar-refractivity contribution in [2.45, 2.75) is 44.2 Å². The summed E-state index contributed by atoms with van der Waals surface area (Å²) in [6.07, 6.45) is 1.96. The Kier molecular flexibility index (Phi) is 6.56. The van der Waals surface area contributed by atoms with Crippen molar-refractivity contribution >= 4 is 18.3 Å². The molecule has 1 fully saturated rings. The Morgan fingerprint density at radius 1 is 1.36 bits per heavy atom. The van der Waals surface area contributed by atoms with Crippen molar-refractivity contribution in [3.05, 3.63) is 47.6 Å². The number of likely N-dealkylation sites (N-methyl/N-ethyl adjacent to an activating group) is 2. The Bertz CT molecular complexity index is 691. The summed E-state index contributed by atoms with van der Waals surface area (Å²) >= 11 is 0. The smallest absolute Gasteiger partial charge is 0.232 e. The van der Waals surface area contributed by atoms with E-state index in [4.69, 9.17) is 4.52 Å². The lowest BCUT2D eigenvalue weighted by Crippen LogP contribution is -2.39. The molecule has 1 N–H and O–H groups in total. The lowest BCUT2D eigenvalue weighted by Gasteiger charge is -2.37. The highest BCUT2D eigenvalue weighted by molar-refractivity contribution is 5.85. The number of nitrogens with zero attached hydrogens (tertiary/aromatic N) is 3. The zero-order valence-electron chi connectivity index (χ0n) is 14.8. The highest BCUT2D eigenvalue weighted by Gasteiger charge is 2.38. The van der Waals surface area contributed by atoms with Gasteiger partial charge in [0.15, 0.2) is 5.82 Å². The van der Waals surface area contributed by atoms with Crippen LogP contribution in [-0.4, -0.2) is 41.1 Å². The summed E-state index contributed by atoms with van der Waals surface area (Å²) in [5.41, 5.74) is 1.10. The molecule has 2 heterocycles. The molecule has 0 radical (unpaired) electrons. The lowest BCUT2D eigenvalue weighted by atomic mass is 9.84. The van der Waals surface area contributed by atoms with Crippen LogP contribution in [0.2, 0.25) is 0 Å². The van der Waals surface area contributed by atoms with Crippen LogP contribution in [0.15, 0.2) is 34.9 Å². The Labute approximate surface area is 154 Å². The second kappa shape index (κ2) is 8.45. The van der Waals surface area contributed by atoms with E-state index in [0.29, 0.717) is 18.1 Å². The molecule has 3 unspecified atom stereocenters. The molecule has 2 aromatic rings. The number of rotatable bonds is 5. The number of carbonyl (C=O) groups is 1. The van der Waals surface area contributed by atoms with E-state index in [9.17, 15) is 4.79 Å². The molecular weight excluding hydrogens is 340 g/mol. The topological polar surface area (TPSA) is 71.3 Å². The first-order chi connectivity index (χ1) is 11.6. The standard InChI is InChI=1S/C18H24N4O2.ClH/c1-12(19-2)11-15-20-18(24-21-15)14-9-10-16(23)22(3)17(14)13-7-5-4-6-8-13;/h4-8,12,14,17,19H,9-11H2,1-3H3;1H. The molecule has 0 spiro atoms. The van der Waals surface area contributed by atoms with Crippen molar-refractivity contribution in [2.75, 3.05) is 14.1 Å². The number of hydrogen-bond acceptors (Lipinski definition) is 5. The summed E-state index contributed by atoms with van der Waals surface area (Å²) < 4.78 is 5.56. The van der Waals surface area contributed by atoms with Gasteiger partial charge in [0, 0.05) is 25.9 Å². The summed E-state index contributed by atoms with van der Waals surface area (Å²) in [5.74, 6) is 1.52. The zero-order chi connectivity index (χ0) is 17.1. The van der Waals surface area contributed by atoms with E-state index in [-0.39, 0.29) is 36.3 Å². The van der Waals surface area contributed by atoms with Gasteiger partial charge < -0.3 is 14.7 Å². The van der Waals surface area contributed by atoms with Crippen molar-refractivity contribution in [1.82, 2.24) is 20.4 Å². The van der Waals surface area contributed by atoms with Crippen molar-refractivity contribution in [3.8, 4) is 0 Å². The first kappa shape index (κ1) is 19.4. The third-order valence-corrected chi connectivity index (χ3v) is 4.78. The van der Waals surface area contributed by atoms with Gasteiger partial charge in [0.2, 0.25) is 11.8 Å². The minimum Gasteiger partial charge on any atom is -0.339 e. The van der Waals surface area contributed by atoms with E-state index in [1.165, 1.54) is 0 Å². The van der Waals surface area contributed by atoms with E-state index in [2.05, 4.69) is 22.4 Å². The molecule has 3 atom stereocenters. The number of halogens is 1. The summed E-state index contributed by atoms with van der Waals surface area (Å²) in [7, 11) is 3.77. The van der Waals surface area contributed by atoms with E-state index in [1.54, 1.807) is 0 Å². The average Bonchev–Trinajstić information content (AvgIpc) is 3.06. The fourth-order valence-electron chi connectivity index (χ4n) is 3.28. The first-order valence-corrected chi connectivity index (χ1v) is 8.40. The normalized spacial score (nSPS) is 21.7. The Balaban J connectivity index is 0.00000225. The predicted octanol–water partition coefficient (Wildman–Crippen LogP) is 2.72. The summed E-state index contributed by atoms with van der Waals surface area (Å²) in [6, 6.07) is 10.3. The van der Waals surface area contributed by atoms with Gasteiger partial charge in [0.05, 0.1) is 12.0 Å². The van der Waals surface area contributed by atoms with Gasteiger partial charge >= 0.3 is 0 Å². The fourth-order valence-corrected chi connectivity index (χ4v) is 3.28. The molecule has 0 aliphatic carbocycles. The Morgan fingerprint density at radius 2 is 2.08 bits per heavy atom. The summed E-state index contributed by atoms with van der Waals surface area (Å²) in [5, 5.41) is 7.30. The van der Waals surface area contributed by atoms with Gasteiger partial charge in [-0.15, -0.1) is 12.4 Å². The summed E-state index contributed by atoms with van der Waals surface area (Å²) in [6.45, 7) is 2.08. The fraction of sp³-hybridized carbons (Fsp3) is 0.500. The van der Waals surface area contributed by atoms with E-state index in [0.717, 1.165) is 18.4 Å². The SMILES string of the molecule is CNC(C)Cc1noc(C2CCC(=O)N(C)C2c2ccccc2)n1.Cl. The maximum Gasteiger partial charge on any atom is 0.232 e.